The molecular formula is C33H42BrN3O4S. The lowest BCUT2D eigenvalue weighted by atomic mass is 10.0. The van der Waals surface area contributed by atoms with Crippen molar-refractivity contribution < 1.29 is 18.0 Å². The normalized spacial score (nSPS) is 12.2. The molecule has 0 aliphatic heterocycles. The summed E-state index contributed by atoms with van der Waals surface area (Å²) in [5.41, 5.74) is 4.49. The van der Waals surface area contributed by atoms with Crippen LogP contribution in [0.15, 0.2) is 77.3 Å². The van der Waals surface area contributed by atoms with Gasteiger partial charge in [-0.1, -0.05) is 78.3 Å². The van der Waals surface area contributed by atoms with Crippen molar-refractivity contribution >= 4 is 43.5 Å². The van der Waals surface area contributed by atoms with Crippen LogP contribution in [-0.2, 0) is 32.6 Å². The molecule has 0 saturated heterocycles. The summed E-state index contributed by atoms with van der Waals surface area (Å²) in [5, 5.41) is 3.03. The van der Waals surface area contributed by atoms with E-state index in [1.807, 2.05) is 94.4 Å². The number of sulfonamides is 1. The van der Waals surface area contributed by atoms with E-state index < -0.39 is 16.1 Å². The first-order valence-electron chi connectivity index (χ1n) is 14.3. The molecule has 9 heteroatoms. The van der Waals surface area contributed by atoms with Crippen LogP contribution in [0.25, 0.3) is 0 Å². The van der Waals surface area contributed by atoms with E-state index in [1.54, 1.807) is 11.0 Å². The predicted octanol–water partition coefficient (Wildman–Crippen LogP) is 6.02. The average Bonchev–Trinajstić information content (AvgIpc) is 2.93. The lowest BCUT2D eigenvalue weighted by molar-refractivity contribution is -0.141. The van der Waals surface area contributed by atoms with Gasteiger partial charge in [-0.15, -0.1) is 0 Å². The summed E-state index contributed by atoms with van der Waals surface area (Å²) < 4.78 is 27.7. The van der Waals surface area contributed by atoms with Gasteiger partial charge in [0.2, 0.25) is 21.8 Å². The Kier molecular flexibility index (Phi) is 12.2. The lowest BCUT2D eigenvalue weighted by Crippen LogP contribution is -2.51. The first kappa shape index (κ1) is 33.3. The second-order valence-electron chi connectivity index (χ2n) is 11.2. The minimum atomic E-state index is -3.57. The van der Waals surface area contributed by atoms with E-state index in [0.29, 0.717) is 25.1 Å². The first-order valence-corrected chi connectivity index (χ1v) is 16.9. The molecule has 0 fully saturated rings. The number of amides is 2. The lowest BCUT2D eigenvalue weighted by Gasteiger charge is -2.32. The molecule has 0 aliphatic carbocycles. The van der Waals surface area contributed by atoms with Crippen LogP contribution in [0.5, 0.6) is 0 Å². The topological polar surface area (TPSA) is 86.8 Å². The van der Waals surface area contributed by atoms with Gasteiger partial charge in [0.1, 0.15) is 6.04 Å². The third-order valence-electron chi connectivity index (χ3n) is 7.13. The van der Waals surface area contributed by atoms with Crippen molar-refractivity contribution in [3.8, 4) is 0 Å². The summed E-state index contributed by atoms with van der Waals surface area (Å²) in [6, 6.07) is 22.2. The molecule has 0 saturated carbocycles. The summed E-state index contributed by atoms with van der Waals surface area (Å²) in [5.74, 6) is -0.152. The average molecular weight is 657 g/mol. The van der Waals surface area contributed by atoms with E-state index in [4.69, 9.17) is 0 Å². The molecule has 0 unspecified atom stereocenters. The summed E-state index contributed by atoms with van der Waals surface area (Å²) in [7, 11) is -3.57. The van der Waals surface area contributed by atoms with E-state index in [-0.39, 0.29) is 37.2 Å². The van der Waals surface area contributed by atoms with Crippen molar-refractivity contribution in [2.45, 2.75) is 59.5 Å². The fraction of sp³-hybridized carbons (Fsp3) is 0.394. The van der Waals surface area contributed by atoms with Crippen molar-refractivity contribution in [3.05, 3.63) is 99.5 Å². The van der Waals surface area contributed by atoms with Crippen molar-refractivity contribution in [3.63, 3.8) is 0 Å². The van der Waals surface area contributed by atoms with Crippen LogP contribution in [0, 0.1) is 19.8 Å². The maximum Gasteiger partial charge on any atom is 0.243 e. The Labute approximate surface area is 259 Å². The van der Waals surface area contributed by atoms with E-state index in [9.17, 15) is 18.0 Å². The van der Waals surface area contributed by atoms with Crippen LogP contribution in [0.1, 0.15) is 48.9 Å². The Bertz CT molecular complexity index is 1460. The van der Waals surface area contributed by atoms with Crippen molar-refractivity contribution in [2.75, 3.05) is 23.7 Å². The van der Waals surface area contributed by atoms with Crippen LogP contribution in [0.2, 0.25) is 0 Å². The summed E-state index contributed by atoms with van der Waals surface area (Å²) >= 11 is 3.51. The minimum Gasteiger partial charge on any atom is -0.354 e. The Morgan fingerprint density at radius 1 is 0.905 bits per heavy atom. The van der Waals surface area contributed by atoms with Crippen LogP contribution < -0.4 is 9.62 Å². The molecule has 0 heterocycles. The fourth-order valence-electron chi connectivity index (χ4n) is 4.69. The smallest absolute Gasteiger partial charge is 0.243 e. The highest BCUT2D eigenvalue weighted by Crippen LogP contribution is 2.23. The SMILES string of the molecule is Cc1ccc(N(CCCC(=O)N(Cc2cccc(Br)c2)[C@H](Cc2ccccc2)C(=O)NCC(C)C)S(C)(=O)=O)cc1C. The summed E-state index contributed by atoms with van der Waals surface area (Å²) in [6.07, 6.45) is 1.94. The number of aryl methyl sites for hydroxylation is 2. The number of rotatable bonds is 14. The van der Waals surface area contributed by atoms with Crippen LogP contribution in [0.4, 0.5) is 5.69 Å². The number of nitrogens with one attached hydrogen (secondary N) is 1. The molecule has 226 valence electrons. The zero-order valence-electron chi connectivity index (χ0n) is 25.1. The van der Waals surface area contributed by atoms with Gasteiger partial charge < -0.3 is 10.2 Å². The number of halogens is 1. The van der Waals surface area contributed by atoms with Gasteiger partial charge in [0.05, 0.1) is 11.9 Å². The molecule has 0 aliphatic rings. The summed E-state index contributed by atoms with van der Waals surface area (Å²) in [6.45, 7) is 8.88. The molecule has 0 aromatic heterocycles. The van der Waals surface area contributed by atoms with Gasteiger partial charge >= 0.3 is 0 Å². The van der Waals surface area contributed by atoms with Crippen molar-refractivity contribution in [2.24, 2.45) is 5.92 Å². The van der Waals surface area contributed by atoms with Crippen LogP contribution >= 0.6 is 15.9 Å². The number of anilines is 1. The van der Waals surface area contributed by atoms with E-state index in [1.165, 1.54) is 10.6 Å². The third kappa shape index (κ3) is 9.98. The molecule has 2 amide bonds. The third-order valence-corrected chi connectivity index (χ3v) is 8.82. The van der Waals surface area contributed by atoms with Gasteiger partial charge in [-0.2, -0.15) is 0 Å². The molecule has 7 nitrogen and oxygen atoms in total. The first-order chi connectivity index (χ1) is 19.8. The van der Waals surface area contributed by atoms with Gasteiger partial charge in [0.25, 0.3) is 0 Å². The van der Waals surface area contributed by atoms with E-state index in [0.717, 1.165) is 26.7 Å². The number of hydrogen-bond acceptors (Lipinski definition) is 4. The zero-order chi connectivity index (χ0) is 30.9. The second kappa shape index (κ2) is 15.3. The fourth-order valence-corrected chi connectivity index (χ4v) is 6.10. The highest BCUT2D eigenvalue weighted by Gasteiger charge is 2.30. The molecule has 3 aromatic carbocycles. The molecule has 0 radical (unpaired) electrons. The predicted molar refractivity (Wildman–Crippen MR) is 174 cm³/mol. The number of nitrogens with zero attached hydrogens (tertiary/aromatic N) is 2. The minimum absolute atomic E-state index is 0.0909. The summed E-state index contributed by atoms with van der Waals surface area (Å²) in [4.78, 5) is 29.2. The van der Waals surface area contributed by atoms with Gasteiger partial charge in [-0.05, 0) is 72.7 Å². The molecule has 1 N–H and O–H groups in total. The standard InChI is InChI=1S/C33H42BrN3O4S/c1-24(2)22-35-33(39)31(21-27-11-7-6-8-12-27)36(23-28-13-9-14-29(34)20-28)32(38)15-10-18-37(42(5,40)41)30-17-16-25(3)26(4)19-30/h6-9,11-14,16-17,19-20,24,31H,10,15,18,21-23H2,1-5H3,(H,35,39)/t31-/m1/s1. The molecular weight excluding hydrogens is 614 g/mol. The van der Waals surface area contributed by atoms with Gasteiger partial charge in [-0.25, -0.2) is 8.42 Å². The van der Waals surface area contributed by atoms with Crippen LogP contribution in [-0.4, -0.2) is 50.5 Å². The number of hydrogen-bond donors (Lipinski definition) is 1. The van der Waals surface area contributed by atoms with Gasteiger partial charge in [0, 0.05) is 36.9 Å². The van der Waals surface area contributed by atoms with Crippen molar-refractivity contribution in [1.82, 2.24) is 10.2 Å². The van der Waals surface area contributed by atoms with Gasteiger partial charge in [-0.3, -0.25) is 13.9 Å². The maximum absolute atomic E-state index is 13.9. The number of carbonyl (C=O) groups is 2. The Hall–Kier alpha value is -3.17. The second-order valence-corrected chi connectivity index (χ2v) is 14.0. The Morgan fingerprint density at radius 2 is 1.60 bits per heavy atom. The number of benzene rings is 3. The quantitative estimate of drug-likeness (QED) is 0.230. The maximum atomic E-state index is 13.9. The van der Waals surface area contributed by atoms with E-state index in [2.05, 4.69) is 21.2 Å². The highest BCUT2D eigenvalue weighted by atomic mass is 79.9. The van der Waals surface area contributed by atoms with Crippen molar-refractivity contribution in [1.29, 1.82) is 0 Å². The molecule has 0 spiro atoms. The molecule has 3 aromatic rings. The zero-order valence-corrected chi connectivity index (χ0v) is 27.5. The molecule has 0 bridgehead atoms. The molecule has 3 rings (SSSR count). The molecule has 1 atom stereocenters. The van der Waals surface area contributed by atoms with Gasteiger partial charge in [0.15, 0.2) is 0 Å². The Balaban J connectivity index is 1.89. The highest BCUT2D eigenvalue weighted by molar-refractivity contribution is 9.10. The Morgan fingerprint density at radius 3 is 2.21 bits per heavy atom. The monoisotopic (exact) mass is 655 g/mol. The van der Waals surface area contributed by atoms with Crippen LogP contribution in [0.3, 0.4) is 0 Å². The largest absolute Gasteiger partial charge is 0.354 e. The van der Waals surface area contributed by atoms with E-state index >= 15 is 0 Å². The molecule has 42 heavy (non-hydrogen) atoms. The number of carbonyl (C=O) groups excluding carboxylic acids is 2.